The maximum Gasteiger partial charge on any atom is 0.387 e. The lowest BCUT2D eigenvalue weighted by molar-refractivity contribution is -0.144. The molecule has 0 radical (unpaired) electrons. The summed E-state index contributed by atoms with van der Waals surface area (Å²) in [6.07, 6.45) is 3.55. The molecule has 154 valence electrons. The van der Waals surface area contributed by atoms with Crippen molar-refractivity contribution in [3.63, 3.8) is 0 Å². The summed E-state index contributed by atoms with van der Waals surface area (Å²) < 4.78 is 33.4. The Balaban J connectivity index is 1.77. The number of esters is 1. The maximum absolute atomic E-state index is 12.1. The van der Waals surface area contributed by atoms with E-state index in [2.05, 4.69) is 17.0 Å². The number of aryl methyl sites for hydroxylation is 1. The fraction of sp³-hybridized carbons (Fsp3) is 0.273. The van der Waals surface area contributed by atoms with E-state index >= 15 is 0 Å². The summed E-state index contributed by atoms with van der Waals surface area (Å²) in [6, 6.07) is 13.5. The van der Waals surface area contributed by atoms with Gasteiger partial charge in [0.1, 0.15) is 5.75 Å². The van der Waals surface area contributed by atoms with Gasteiger partial charge in [-0.15, -0.1) is 0 Å². The van der Waals surface area contributed by atoms with E-state index in [0.29, 0.717) is 5.56 Å². The fourth-order valence-corrected chi connectivity index (χ4v) is 2.52. The van der Waals surface area contributed by atoms with Gasteiger partial charge in [-0.2, -0.15) is 8.78 Å². The molecule has 0 unspecified atom stereocenters. The molecule has 0 heterocycles. The van der Waals surface area contributed by atoms with Gasteiger partial charge in [0.2, 0.25) is 0 Å². The van der Waals surface area contributed by atoms with Crippen LogP contribution in [-0.2, 0) is 20.7 Å². The number of ether oxygens (including phenoxy) is 2. The highest BCUT2D eigenvalue weighted by Crippen LogP contribution is 2.16. The molecule has 29 heavy (non-hydrogen) atoms. The van der Waals surface area contributed by atoms with Crippen LogP contribution in [0.3, 0.4) is 0 Å². The number of carbonyl (C=O) groups is 2. The number of nitrogens with one attached hydrogen (secondary N) is 1. The smallest absolute Gasteiger partial charge is 0.387 e. The zero-order valence-corrected chi connectivity index (χ0v) is 16.2. The Morgan fingerprint density at radius 3 is 2.31 bits per heavy atom. The second-order valence-electron chi connectivity index (χ2n) is 6.27. The van der Waals surface area contributed by atoms with Crippen molar-refractivity contribution in [1.82, 2.24) is 5.32 Å². The van der Waals surface area contributed by atoms with Crippen molar-refractivity contribution in [3.8, 4) is 5.75 Å². The quantitative estimate of drug-likeness (QED) is 0.501. The molecular formula is C22H23F2NO4. The van der Waals surface area contributed by atoms with E-state index in [0.717, 1.165) is 18.1 Å². The van der Waals surface area contributed by atoms with Crippen LogP contribution in [-0.4, -0.2) is 25.1 Å². The minimum atomic E-state index is -2.89. The number of alkyl halides is 2. The van der Waals surface area contributed by atoms with Crippen molar-refractivity contribution in [2.45, 2.75) is 32.9 Å². The van der Waals surface area contributed by atoms with Crippen LogP contribution in [0.4, 0.5) is 8.78 Å². The van der Waals surface area contributed by atoms with Gasteiger partial charge in [-0.25, -0.2) is 4.79 Å². The van der Waals surface area contributed by atoms with Crippen LogP contribution in [0, 0.1) is 0 Å². The third-order valence-electron chi connectivity index (χ3n) is 4.13. The van der Waals surface area contributed by atoms with Gasteiger partial charge in [0.15, 0.2) is 6.61 Å². The van der Waals surface area contributed by atoms with E-state index in [1.54, 1.807) is 0 Å². The lowest BCUT2D eigenvalue weighted by Crippen LogP contribution is -2.30. The molecule has 2 rings (SSSR count). The number of hydrogen-bond donors (Lipinski definition) is 1. The predicted octanol–water partition coefficient (Wildman–Crippen LogP) is 4.28. The van der Waals surface area contributed by atoms with E-state index in [1.807, 2.05) is 31.2 Å². The van der Waals surface area contributed by atoms with E-state index in [4.69, 9.17) is 4.74 Å². The summed E-state index contributed by atoms with van der Waals surface area (Å²) in [7, 11) is 0. The van der Waals surface area contributed by atoms with Crippen molar-refractivity contribution < 1.29 is 27.8 Å². The molecule has 1 N–H and O–H groups in total. The van der Waals surface area contributed by atoms with Gasteiger partial charge < -0.3 is 14.8 Å². The van der Waals surface area contributed by atoms with Gasteiger partial charge in [-0.1, -0.05) is 43.3 Å². The standard InChI is InChI=1S/C22H23F2NO4/c1-3-16-4-9-18(10-5-16)15(2)25-20(26)14-28-21(27)13-8-17-6-11-19(12-7-17)29-22(23)24/h4-13,15,22H,3,14H2,1-2H3,(H,25,26)/b13-8+/t15-/m1/s1. The zero-order chi connectivity index (χ0) is 21.2. The topological polar surface area (TPSA) is 64.6 Å². The van der Waals surface area contributed by atoms with Gasteiger partial charge in [0, 0.05) is 6.08 Å². The predicted molar refractivity (Wildman–Crippen MR) is 105 cm³/mol. The molecular weight excluding hydrogens is 380 g/mol. The summed E-state index contributed by atoms with van der Waals surface area (Å²) in [6.45, 7) is 0.625. The summed E-state index contributed by atoms with van der Waals surface area (Å²) in [5, 5.41) is 2.77. The number of carbonyl (C=O) groups excluding carboxylic acids is 2. The molecule has 0 saturated carbocycles. The Morgan fingerprint density at radius 1 is 1.07 bits per heavy atom. The number of halogens is 2. The van der Waals surface area contributed by atoms with Crippen molar-refractivity contribution >= 4 is 18.0 Å². The van der Waals surface area contributed by atoms with Crippen LogP contribution in [0.1, 0.15) is 36.6 Å². The first kappa shape index (κ1) is 22.1. The van der Waals surface area contributed by atoms with E-state index in [-0.39, 0.29) is 11.8 Å². The van der Waals surface area contributed by atoms with Crippen molar-refractivity contribution in [2.24, 2.45) is 0 Å². The Bertz CT molecular complexity index is 833. The molecule has 7 heteroatoms. The molecule has 0 spiro atoms. The average molecular weight is 403 g/mol. The van der Waals surface area contributed by atoms with Crippen molar-refractivity contribution in [3.05, 3.63) is 71.3 Å². The fourth-order valence-electron chi connectivity index (χ4n) is 2.52. The molecule has 0 saturated heterocycles. The number of hydrogen-bond acceptors (Lipinski definition) is 4. The van der Waals surface area contributed by atoms with Gasteiger partial charge >= 0.3 is 12.6 Å². The highest BCUT2D eigenvalue weighted by Gasteiger charge is 2.11. The molecule has 1 amide bonds. The van der Waals surface area contributed by atoms with Gasteiger partial charge in [0.05, 0.1) is 6.04 Å². The van der Waals surface area contributed by atoms with Crippen LogP contribution in [0.5, 0.6) is 5.75 Å². The zero-order valence-electron chi connectivity index (χ0n) is 16.2. The van der Waals surface area contributed by atoms with Gasteiger partial charge in [-0.05, 0) is 48.2 Å². The molecule has 0 aliphatic rings. The largest absolute Gasteiger partial charge is 0.452 e. The SMILES string of the molecule is CCc1ccc([C@@H](C)NC(=O)COC(=O)/C=C/c2ccc(OC(F)F)cc2)cc1. The number of amides is 1. The highest BCUT2D eigenvalue weighted by molar-refractivity contribution is 5.89. The first-order valence-electron chi connectivity index (χ1n) is 9.15. The highest BCUT2D eigenvalue weighted by atomic mass is 19.3. The van der Waals surface area contributed by atoms with E-state index in [1.165, 1.54) is 35.9 Å². The third-order valence-corrected chi connectivity index (χ3v) is 4.13. The lowest BCUT2D eigenvalue weighted by atomic mass is 10.1. The van der Waals surface area contributed by atoms with Crippen LogP contribution in [0.25, 0.3) is 6.08 Å². The second kappa shape index (κ2) is 10.9. The Labute approximate surface area is 168 Å². The molecule has 2 aromatic carbocycles. The van der Waals surface area contributed by atoms with E-state index < -0.39 is 25.1 Å². The Morgan fingerprint density at radius 2 is 1.72 bits per heavy atom. The van der Waals surface area contributed by atoms with Crippen molar-refractivity contribution in [2.75, 3.05) is 6.61 Å². The third kappa shape index (κ3) is 7.73. The molecule has 0 fully saturated rings. The molecule has 0 aromatic heterocycles. The van der Waals surface area contributed by atoms with Crippen LogP contribution >= 0.6 is 0 Å². The monoisotopic (exact) mass is 403 g/mol. The molecule has 0 aliphatic carbocycles. The average Bonchev–Trinajstić information content (AvgIpc) is 2.71. The summed E-state index contributed by atoms with van der Waals surface area (Å²) >= 11 is 0. The maximum atomic E-state index is 12.1. The van der Waals surface area contributed by atoms with Crippen LogP contribution in [0.15, 0.2) is 54.6 Å². The molecule has 2 aromatic rings. The summed E-state index contributed by atoms with van der Waals surface area (Å²) in [4.78, 5) is 23.7. The molecule has 0 bridgehead atoms. The van der Waals surface area contributed by atoms with Crippen LogP contribution in [0.2, 0.25) is 0 Å². The Hall–Kier alpha value is -3.22. The van der Waals surface area contributed by atoms with Gasteiger partial charge in [-0.3, -0.25) is 4.79 Å². The van der Waals surface area contributed by atoms with E-state index in [9.17, 15) is 18.4 Å². The minimum absolute atomic E-state index is 0.0230. The van der Waals surface area contributed by atoms with Crippen LogP contribution < -0.4 is 10.1 Å². The lowest BCUT2D eigenvalue weighted by Gasteiger charge is -2.14. The van der Waals surface area contributed by atoms with Gasteiger partial charge in [0.25, 0.3) is 5.91 Å². The minimum Gasteiger partial charge on any atom is -0.452 e. The summed E-state index contributed by atoms with van der Waals surface area (Å²) in [5.41, 5.74) is 2.77. The number of benzene rings is 2. The second-order valence-corrected chi connectivity index (χ2v) is 6.27. The Kier molecular flexibility index (Phi) is 8.33. The van der Waals surface area contributed by atoms with Crippen molar-refractivity contribution in [1.29, 1.82) is 0 Å². The molecule has 1 atom stereocenters. The molecule has 5 nitrogen and oxygen atoms in total. The first-order valence-corrected chi connectivity index (χ1v) is 9.15. The normalized spacial score (nSPS) is 12.0. The molecule has 0 aliphatic heterocycles. The number of rotatable bonds is 9. The summed E-state index contributed by atoms with van der Waals surface area (Å²) in [5.74, 6) is -1.07. The first-order chi connectivity index (χ1) is 13.9.